The second-order valence-electron chi connectivity index (χ2n) is 1.60. The van der Waals surface area contributed by atoms with Crippen molar-refractivity contribution in [2.45, 2.75) is 19.8 Å². The number of carbonyl (C=O) groups is 1. The second-order valence-corrected chi connectivity index (χ2v) is 1.60. The van der Waals surface area contributed by atoms with E-state index in [0.717, 1.165) is 18.9 Å². The van der Waals surface area contributed by atoms with Gasteiger partial charge in [0.15, 0.2) is 0 Å². The van der Waals surface area contributed by atoms with Crippen LogP contribution in [0.4, 0.5) is 0 Å². The van der Waals surface area contributed by atoms with Gasteiger partial charge in [0.1, 0.15) is 6.61 Å². The van der Waals surface area contributed by atoms with Crippen LogP contribution in [0.25, 0.3) is 0 Å². The van der Waals surface area contributed by atoms with Crippen LogP contribution in [0.3, 0.4) is 0 Å². The van der Waals surface area contributed by atoms with Gasteiger partial charge in [-0.05, 0) is 6.42 Å². The summed E-state index contributed by atoms with van der Waals surface area (Å²) in [5.41, 5.74) is 0. The molecule has 0 atom stereocenters. The first-order valence-electron chi connectivity index (χ1n) is 2.96. The monoisotopic (exact) mass is 127 g/mol. The van der Waals surface area contributed by atoms with Crippen molar-refractivity contribution in [3.05, 3.63) is 19.3 Å². The van der Waals surface area contributed by atoms with Gasteiger partial charge in [-0.25, -0.2) is 4.79 Å². The summed E-state index contributed by atoms with van der Waals surface area (Å²) in [5, 5.41) is 0. The van der Waals surface area contributed by atoms with Gasteiger partial charge < -0.3 is 4.74 Å². The van der Waals surface area contributed by atoms with Crippen LogP contribution in [0.2, 0.25) is 0 Å². The first kappa shape index (κ1) is 8.21. The molecule has 0 unspecified atom stereocenters. The summed E-state index contributed by atoms with van der Waals surface area (Å²) in [4.78, 5) is 10.3. The van der Waals surface area contributed by atoms with Crippen molar-refractivity contribution in [1.29, 1.82) is 0 Å². The quantitative estimate of drug-likeness (QED) is 0.326. The third kappa shape index (κ3) is 5.07. The van der Waals surface area contributed by atoms with Crippen molar-refractivity contribution in [2.24, 2.45) is 0 Å². The summed E-state index contributed by atoms with van der Waals surface area (Å²) >= 11 is 0. The minimum atomic E-state index is -0.386. The molecule has 0 aromatic rings. The summed E-state index contributed by atoms with van der Waals surface area (Å²) in [6, 6.07) is 0. The summed E-state index contributed by atoms with van der Waals surface area (Å²) < 4.78 is 4.55. The molecule has 51 valence electrons. The van der Waals surface area contributed by atoms with Gasteiger partial charge in [0.2, 0.25) is 0 Å². The fourth-order valence-corrected chi connectivity index (χ4v) is 0.307. The molecule has 0 N–H and O–H groups in total. The van der Waals surface area contributed by atoms with Crippen molar-refractivity contribution in [3.63, 3.8) is 0 Å². The predicted molar refractivity (Wildman–Crippen MR) is 35.5 cm³/mol. The first-order valence-corrected chi connectivity index (χ1v) is 2.96. The topological polar surface area (TPSA) is 26.3 Å². The Morgan fingerprint density at radius 1 is 1.78 bits per heavy atom. The molecule has 0 spiro atoms. The van der Waals surface area contributed by atoms with E-state index in [1.807, 2.05) is 6.92 Å². The Kier molecular flexibility index (Phi) is 4.88. The molecule has 0 bridgehead atoms. The van der Waals surface area contributed by atoms with Crippen molar-refractivity contribution in [2.75, 3.05) is 0 Å². The molecular weight excluding hydrogens is 116 g/mol. The molecule has 0 amide bonds. The highest BCUT2D eigenvalue weighted by Crippen LogP contribution is 1.93. The van der Waals surface area contributed by atoms with Crippen LogP contribution in [-0.2, 0) is 9.53 Å². The summed E-state index contributed by atoms with van der Waals surface area (Å²) in [5.74, 6) is -0.386. The van der Waals surface area contributed by atoms with Gasteiger partial charge in [-0.2, -0.15) is 0 Å². The van der Waals surface area contributed by atoms with Crippen LogP contribution in [-0.4, -0.2) is 5.97 Å². The molecule has 0 fully saturated rings. The van der Waals surface area contributed by atoms with Gasteiger partial charge in [0, 0.05) is 6.08 Å². The molecular formula is C7H11O2. The molecule has 9 heavy (non-hydrogen) atoms. The third-order valence-electron chi connectivity index (χ3n) is 0.773. The Morgan fingerprint density at radius 3 is 2.89 bits per heavy atom. The lowest BCUT2D eigenvalue weighted by molar-refractivity contribution is -0.134. The van der Waals surface area contributed by atoms with Crippen molar-refractivity contribution in [3.8, 4) is 0 Å². The van der Waals surface area contributed by atoms with E-state index in [-0.39, 0.29) is 5.97 Å². The van der Waals surface area contributed by atoms with Crippen LogP contribution in [0.5, 0.6) is 0 Å². The van der Waals surface area contributed by atoms with Crippen LogP contribution in [0.1, 0.15) is 19.8 Å². The Hall–Kier alpha value is -0.790. The highest BCUT2D eigenvalue weighted by atomic mass is 16.5. The average Bonchev–Trinajstić information content (AvgIpc) is 1.89. The molecule has 0 saturated heterocycles. The molecule has 2 heteroatoms. The lowest BCUT2D eigenvalue weighted by atomic mass is 10.4. The average molecular weight is 127 g/mol. The first-order chi connectivity index (χ1) is 4.31. The van der Waals surface area contributed by atoms with Gasteiger partial charge in [0.05, 0.1) is 0 Å². The number of carbonyl (C=O) groups excluding carboxylic acids is 1. The zero-order chi connectivity index (χ0) is 7.11. The number of hydrogen-bond acceptors (Lipinski definition) is 2. The smallest absolute Gasteiger partial charge is 0.330 e. The van der Waals surface area contributed by atoms with Crippen LogP contribution in [0.15, 0.2) is 12.7 Å². The van der Waals surface area contributed by atoms with E-state index in [4.69, 9.17) is 0 Å². The van der Waals surface area contributed by atoms with Crippen LogP contribution < -0.4 is 0 Å². The third-order valence-corrected chi connectivity index (χ3v) is 0.773. The van der Waals surface area contributed by atoms with Crippen LogP contribution >= 0.6 is 0 Å². The number of rotatable bonds is 4. The maximum absolute atomic E-state index is 10.3. The number of unbranched alkanes of at least 4 members (excludes halogenated alkanes) is 1. The van der Waals surface area contributed by atoms with E-state index in [1.54, 1.807) is 0 Å². The fraction of sp³-hybridized carbons (Fsp3) is 0.429. The minimum absolute atomic E-state index is 0.386. The predicted octanol–water partition coefficient (Wildman–Crippen LogP) is 1.68. The zero-order valence-electron chi connectivity index (χ0n) is 5.59. The zero-order valence-corrected chi connectivity index (χ0v) is 5.59. The lowest BCUT2D eigenvalue weighted by Crippen LogP contribution is -1.95. The second kappa shape index (κ2) is 5.35. The van der Waals surface area contributed by atoms with E-state index in [9.17, 15) is 4.79 Å². The number of ether oxygens (including phenoxy) is 1. The number of hydrogen-bond donors (Lipinski definition) is 0. The molecule has 2 nitrogen and oxygen atoms in total. The molecule has 0 aliphatic carbocycles. The van der Waals surface area contributed by atoms with Gasteiger partial charge in [-0.1, -0.05) is 19.9 Å². The highest BCUT2D eigenvalue weighted by Gasteiger charge is 1.92. The van der Waals surface area contributed by atoms with E-state index >= 15 is 0 Å². The summed E-state index contributed by atoms with van der Waals surface area (Å²) in [7, 11) is 0. The summed E-state index contributed by atoms with van der Waals surface area (Å²) in [6.07, 6.45) is 2.94. The Bertz CT molecular complexity index is 97.1. The van der Waals surface area contributed by atoms with Crippen molar-refractivity contribution in [1.82, 2.24) is 0 Å². The normalized spacial score (nSPS) is 8.56. The van der Waals surface area contributed by atoms with E-state index in [1.165, 1.54) is 6.61 Å². The van der Waals surface area contributed by atoms with Gasteiger partial charge in [0.25, 0.3) is 0 Å². The highest BCUT2D eigenvalue weighted by molar-refractivity contribution is 5.81. The Labute approximate surface area is 55.5 Å². The lowest BCUT2D eigenvalue weighted by Gasteiger charge is -1.95. The molecule has 0 aliphatic heterocycles. The maximum Gasteiger partial charge on any atom is 0.330 e. The van der Waals surface area contributed by atoms with Gasteiger partial charge in [-0.3, -0.25) is 0 Å². The SMILES string of the molecule is C=CC(=O)O[CH]CCC. The summed E-state index contributed by atoms with van der Waals surface area (Å²) in [6.45, 7) is 6.75. The minimum Gasteiger partial charge on any atom is -0.455 e. The van der Waals surface area contributed by atoms with E-state index in [2.05, 4.69) is 11.3 Å². The molecule has 0 rings (SSSR count). The standard InChI is InChI=1S/C7H11O2/c1-3-5-6-9-7(8)4-2/h4,6H,2-3,5H2,1H3. The molecule has 0 aliphatic rings. The molecule has 1 radical (unpaired) electrons. The van der Waals surface area contributed by atoms with E-state index < -0.39 is 0 Å². The van der Waals surface area contributed by atoms with Gasteiger partial charge >= 0.3 is 5.97 Å². The van der Waals surface area contributed by atoms with E-state index in [0.29, 0.717) is 0 Å². The Balaban J connectivity index is 3.07. The van der Waals surface area contributed by atoms with Crippen molar-refractivity contribution < 1.29 is 9.53 Å². The molecule has 0 aromatic carbocycles. The number of esters is 1. The fourth-order valence-electron chi connectivity index (χ4n) is 0.307. The molecule has 0 heterocycles. The molecule has 0 saturated carbocycles. The Morgan fingerprint density at radius 2 is 2.44 bits per heavy atom. The van der Waals surface area contributed by atoms with Crippen molar-refractivity contribution >= 4 is 5.97 Å². The largest absolute Gasteiger partial charge is 0.455 e. The van der Waals surface area contributed by atoms with Crippen LogP contribution in [0, 0.1) is 6.61 Å². The molecule has 0 aromatic heterocycles. The van der Waals surface area contributed by atoms with Gasteiger partial charge in [-0.15, -0.1) is 0 Å². The maximum atomic E-state index is 10.3.